The predicted molar refractivity (Wildman–Crippen MR) is 147 cm³/mol. The third-order valence-electron chi connectivity index (χ3n) is 6.03. The minimum atomic E-state index is -1.11. The van der Waals surface area contributed by atoms with Crippen molar-refractivity contribution in [2.45, 2.75) is 19.0 Å². The van der Waals surface area contributed by atoms with Gasteiger partial charge >= 0.3 is 12.0 Å². The number of nitrogens with zero attached hydrogens (tertiary/aromatic N) is 2. The minimum Gasteiger partial charge on any atom is -0.493 e. The lowest BCUT2D eigenvalue weighted by molar-refractivity contribution is -0.137. The van der Waals surface area contributed by atoms with Gasteiger partial charge in [0.2, 0.25) is 5.91 Å². The number of aliphatic carboxylic acids is 1. The van der Waals surface area contributed by atoms with E-state index in [1.807, 2.05) is 30.3 Å². The number of hydrogen-bond donors (Lipinski definition) is 4. The number of hydrogen-bond acceptors (Lipinski definition) is 6. The van der Waals surface area contributed by atoms with Gasteiger partial charge in [-0.1, -0.05) is 36.4 Å². The first-order valence-electron chi connectivity index (χ1n) is 12.3. The fourth-order valence-corrected chi connectivity index (χ4v) is 4.02. The fourth-order valence-electron chi connectivity index (χ4n) is 4.02. The van der Waals surface area contributed by atoms with Crippen LogP contribution in [-0.4, -0.2) is 66.2 Å². The molecule has 4 N–H and O–H groups in total. The van der Waals surface area contributed by atoms with E-state index in [1.54, 1.807) is 36.0 Å². The molecular weight excluding hydrogens is 518 g/mol. The number of methoxy groups -OCH3 is 2. The first-order chi connectivity index (χ1) is 19.1. The Kier molecular flexibility index (Phi) is 10.1. The zero-order chi connectivity index (χ0) is 29.2. The van der Waals surface area contributed by atoms with Crippen LogP contribution in [0.5, 0.6) is 11.5 Å². The summed E-state index contributed by atoms with van der Waals surface area (Å²) in [6, 6.07) is 14.5. The summed E-state index contributed by atoms with van der Waals surface area (Å²) in [5.74, 6) is -1.27. The van der Waals surface area contributed by atoms with Gasteiger partial charge in [-0.25, -0.2) is 4.79 Å². The van der Waals surface area contributed by atoms with E-state index >= 15 is 0 Å². The molecule has 1 unspecified atom stereocenters. The number of urea groups is 1. The van der Waals surface area contributed by atoms with Gasteiger partial charge in [-0.3, -0.25) is 14.4 Å². The van der Waals surface area contributed by atoms with Crippen LogP contribution in [0.15, 0.2) is 60.8 Å². The lowest BCUT2D eigenvalue weighted by atomic mass is 10.0. The number of nitrogens with one attached hydrogen (secondary N) is 3. The van der Waals surface area contributed by atoms with Gasteiger partial charge in [0.1, 0.15) is 5.69 Å². The van der Waals surface area contributed by atoms with Crippen molar-refractivity contribution in [1.82, 2.24) is 20.1 Å². The number of rotatable bonds is 12. The van der Waals surface area contributed by atoms with Crippen LogP contribution < -0.4 is 25.4 Å². The molecule has 4 amide bonds. The molecule has 0 saturated carbocycles. The monoisotopic (exact) mass is 551 g/mol. The van der Waals surface area contributed by atoms with Crippen molar-refractivity contribution in [1.29, 1.82) is 0 Å². The van der Waals surface area contributed by atoms with Crippen LogP contribution in [0.1, 0.15) is 34.1 Å². The van der Waals surface area contributed by atoms with E-state index in [2.05, 4.69) is 16.0 Å². The SMILES string of the molecule is COc1ccc(C(CC(=O)O)NC(=O)CN(C)C(=O)c2cc(NC(=O)NCc3ccccc3)cn2C)cc1OC. The van der Waals surface area contributed by atoms with Gasteiger partial charge in [0.15, 0.2) is 11.5 Å². The van der Waals surface area contributed by atoms with Gasteiger partial charge < -0.3 is 40.0 Å². The molecule has 12 nitrogen and oxygen atoms in total. The molecule has 0 radical (unpaired) electrons. The quantitative estimate of drug-likeness (QED) is 0.270. The van der Waals surface area contributed by atoms with E-state index in [0.29, 0.717) is 29.3 Å². The van der Waals surface area contributed by atoms with Crippen molar-refractivity contribution in [2.75, 3.05) is 33.1 Å². The van der Waals surface area contributed by atoms with Crippen LogP contribution in [-0.2, 0) is 23.2 Å². The summed E-state index contributed by atoms with van der Waals surface area (Å²) in [5, 5.41) is 17.5. The number of aryl methyl sites for hydroxylation is 1. The van der Waals surface area contributed by atoms with Gasteiger partial charge in [0.25, 0.3) is 5.91 Å². The fraction of sp³-hybridized carbons (Fsp3) is 0.286. The highest BCUT2D eigenvalue weighted by Gasteiger charge is 2.23. The Hall–Kier alpha value is -5.00. The number of amides is 4. The molecule has 0 saturated heterocycles. The van der Waals surface area contributed by atoms with Gasteiger partial charge in [-0.15, -0.1) is 0 Å². The van der Waals surface area contributed by atoms with Crippen molar-refractivity contribution >= 4 is 29.5 Å². The second-order valence-electron chi connectivity index (χ2n) is 9.01. The Morgan fingerprint density at radius 3 is 2.35 bits per heavy atom. The lowest BCUT2D eigenvalue weighted by Gasteiger charge is -2.22. The number of carboxylic acid groups (broad SMARTS) is 1. The molecule has 3 rings (SSSR count). The number of carboxylic acids is 1. The molecule has 1 heterocycles. The highest BCUT2D eigenvalue weighted by Crippen LogP contribution is 2.31. The average Bonchev–Trinajstić information content (AvgIpc) is 3.30. The molecule has 3 aromatic rings. The number of benzene rings is 2. The maximum absolute atomic E-state index is 13.1. The van der Waals surface area contributed by atoms with E-state index in [-0.39, 0.29) is 18.7 Å². The number of likely N-dealkylation sites (N-methyl/N-ethyl adjacent to an activating group) is 1. The minimum absolute atomic E-state index is 0.246. The van der Waals surface area contributed by atoms with Crippen molar-refractivity contribution in [3.05, 3.63) is 77.6 Å². The van der Waals surface area contributed by atoms with Crippen molar-refractivity contribution in [3.63, 3.8) is 0 Å². The number of carbonyl (C=O) groups excluding carboxylic acids is 3. The second kappa shape index (κ2) is 13.7. The first kappa shape index (κ1) is 29.6. The molecule has 12 heteroatoms. The Labute approximate surface area is 231 Å². The maximum atomic E-state index is 13.1. The van der Waals surface area contributed by atoms with Crippen LogP contribution in [0.3, 0.4) is 0 Å². The topological polar surface area (TPSA) is 151 Å². The Balaban J connectivity index is 1.61. The number of ether oxygens (including phenoxy) is 2. The highest BCUT2D eigenvalue weighted by molar-refractivity contribution is 5.97. The maximum Gasteiger partial charge on any atom is 0.319 e. The average molecular weight is 552 g/mol. The molecule has 0 aliphatic carbocycles. The van der Waals surface area contributed by atoms with Gasteiger partial charge in [0, 0.05) is 26.8 Å². The summed E-state index contributed by atoms with van der Waals surface area (Å²) in [5.41, 5.74) is 2.10. The normalized spacial score (nSPS) is 11.2. The summed E-state index contributed by atoms with van der Waals surface area (Å²) < 4.78 is 12.0. The Morgan fingerprint density at radius 2 is 1.70 bits per heavy atom. The summed E-state index contributed by atoms with van der Waals surface area (Å²) in [7, 11) is 6.04. The van der Waals surface area contributed by atoms with Crippen LogP contribution in [0.2, 0.25) is 0 Å². The molecule has 1 aromatic heterocycles. The van der Waals surface area contributed by atoms with E-state index < -0.39 is 29.9 Å². The largest absolute Gasteiger partial charge is 0.493 e. The zero-order valence-electron chi connectivity index (χ0n) is 22.8. The van der Waals surface area contributed by atoms with Crippen LogP contribution in [0.4, 0.5) is 10.5 Å². The molecule has 1 atom stereocenters. The predicted octanol–water partition coefficient (Wildman–Crippen LogP) is 2.77. The van der Waals surface area contributed by atoms with Crippen molar-refractivity contribution < 1.29 is 33.8 Å². The molecule has 40 heavy (non-hydrogen) atoms. The van der Waals surface area contributed by atoms with Gasteiger partial charge in [-0.2, -0.15) is 0 Å². The molecule has 0 bridgehead atoms. The van der Waals surface area contributed by atoms with Crippen LogP contribution in [0, 0.1) is 0 Å². The van der Waals surface area contributed by atoms with Crippen molar-refractivity contribution in [2.24, 2.45) is 7.05 Å². The molecule has 0 aliphatic heterocycles. The van der Waals surface area contributed by atoms with E-state index in [0.717, 1.165) is 5.56 Å². The van der Waals surface area contributed by atoms with Gasteiger partial charge in [0.05, 0.1) is 38.9 Å². The summed E-state index contributed by atoms with van der Waals surface area (Å²) in [4.78, 5) is 50.9. The second-order valence-corrected chi connectivity index (χ2v) is 9.01. The van der Waals surface area contributed by atoms with Crippen molar-refractivity contribution in [3.8, 4) is 11.5 Å². The first-order valence-corrected chi connectivity index (χ1v) is 12.3. The van der Waals surface area contributed by atoms with E-state index in [4.69, 9.17) is 9.47 Å². The molecule has 0 fully saturated rings. The standard InChI is InChI=1S/C28H33N5O7/c1-32-16-20(30-28(38)29-15-18-8-6-5-7-9-18)13-22(32)27(37)33(2)17-25(34)31-21(14-26(35)36)19-10-11-23(39-3)24(12-19)40-4/h5-13,16,21H,14-15,17H2,1-4H3,(H,31,34)(H,35,36)(H2,29,30,38). The Morgan fingerprint density at radius 1 is 1.00 bits per heavy atom. The lowest BCUT2D eigenvalue weighted by Crippen LogP contribution is -2.40. The highest BCUT2D eigenvalue weighted by atomic mass is 16.5. The molecular formula is C28H33N5O7. The number of carbonyl (C=O) groups is 4. The van der Waals surface area contributed by atoms with Crippen LogP contribution >= 0.6 is 0 Å². The summed E-state index contributed by atoms with van der Waals surface area (Å²) in [6.07, 6.45) is 1.21. The smallest absolute Gasteiger partial charge is 0.319 e. The zero-order valence-corrected chi connectivity index (χ0v) is 22.8. The van der Waals surface area contributed by atoms with Crippen LogP contribution in [0.25, 0.3) is 0 Å². The summed E-state index contributed by atoms with van der Waals surface area (Å²) in [6.45, 7) is 0.0169. The third-order valence-corrected chi connectivity index (χ3v) is 6.03. The van der Waals surface area contributed by atoms with E-state index in [1.165, 1.54) is 32.2 Å². The number of aromatic nitrogens is 1. The molecule has 2 aromatic carbocycles. The third kappa shape index (κ3) is 8.00. The Bertz CT molecular complexity index is 1360. The molecule has 0 spiro atoms. The molecule has 212 valence electrons. The molecule has 0 aliphatic rings. The number of anilines is 1. The summed E-state index contributed by atoms with van der Waals surface area (Å²) >= 11 is 0. The van der Waals surface area contributed by atoms with Gasteiger partial charge in [-0.05, 0) is 29.3 Å². The van der Waals surface area contributed by atoms with E-state index in [9.17, 15) is 24.3 Å².